The molecule has 0 aliphatic heterocycles. The van der Waals surface area contributed by atoms with Crippen LogP contribution in [0.4, 0.5) is 0 Å². The first-order chi connectivity index (χ1) is 13.1. The molecule has 1 fully saturated rings. The summed E-state index contributed by atoms with van der Waals surface area (Å²) in [7, 11) is 0. The third kappa shape index (κ3) is 3.03. The lowest BCUT2D eigenvalue weighted by molar-refractivity contribution is 0.642. The van der Waals surface area contributed by atoms with Gasteiger partial charge in [0.1, 0.15) is 16.5 Å². The third-order valence-corrected chi connectivity index (χ3v) is 7.50. The van der Waals surface area contributed by atoms with Gasteiger partial charge < -0.3 is 9.55 Å². The Balaban J connectivity index is 1.49. The van der Waals surface area contributed by atoms with Gasteiger partial charge in [-0.05, 0) is 38.1 Å². The number of fused-ring (bicyclic) bond motifs is 1. The summed E-state index contributed by atoms with van der Waals surface area (Å²) in [6, 6.07) is 4.55. The summed E-state index contributed by atoms with van der Waals surface area (Å²) < 4.78 is 2.21. The van der Waals surface area contributed by atoms with Gasteiger partial charge in [-0.1, -0.05) is 17.8 Å². The average molecular weight is 416 g/mol. The van der Waals surface area contributed by atoms with Crippen LogP contribution in [0.1, 0.15) is 42.7 Å². The molecule has 5 rings (SSSR count). The third-order valence-electron chi connectivity index (χ3n) is 4.66. The van der Waals surface area contributed by atoms with Crippen molar-refractivity contribution in [3.8, 4) is 10.4 Å². The normalized spacial score (nSPS) is 15.5. The molecular weight excluding hydrogens is 398 g/mol. The van der Waals surface area contributed by atoms with E-state index in [0.29, 0.717) is 17.3 Å². The largest absolute Gasteiger partial charge is 0.309 e. The van der Waals surface area contributed by atoms with Gasteiger partial charge in [0, 0.05) is 21.9 Å². The smallest absolute Gasteiger partial charge is 0.260 e. The topological polar surface area (TPSA) is 76.5 Å². The summed E-state index contributed by atoms with van der Waals surface area (Å²) >= 11 is 4.75. The first-order valence-corrected chi connectivity index (χ1v) is 11.4. The Labute approximate surface area is 167 Å². The van der Waals surface area contributed by atoms with Crippen LogP contribution >= 0.6 is 34.4 Å². The van der Waals surface area contributed by atoms with Crippen LogP contribution in [0.2, 0.25) is 0 Å². The second-order valence-corrected chi connectivity index (χ2v) is 9.76. The monoisotopic (exact) mass is 415 g/mol. The number of hydrogen-bond acceptors (Lipinski definition) is 7. The maximum atomic E-state index is 12.8. The van der Waals surface area contributed by atoms with Crippen molar-refractivity contribution in [3.05, 3.63) is 44.9 Å². The minimum absolute atomic E-state index is 0.0181. The van der Waals surface area contributed by atoms with E-state index < -0.39 is 0 Å². The number of aryl methyl sites for hydroxylation is 1. The minimum atomic E-state index is -0.0769. The number of rotatable bonds is 5. The van der Waals surface area contributed by atoms with Crippen molar-refractivity contribution < 1.29 is 0 Å². The number of thioether (sulfide) groups is 1. The van der Waals surface area contributed by atoms with Gasteiger partial charge in [-0.15, -0.1) is 32.9 Å². The predicted molar refractivity (Wildman–Crippen MR) is 111 cm³/mol. The predicted octanol–water partition coefficient (Wildman–Crippen LogP) is 4.80. The highest BCUT2D eigenvalue weighted by Crippen LogP contribution is 2.41. The van der Waals surface area contributed by atoms with Gasteiger partial charge in [-0.3, -0.25) is 4.79 Å². The first-order valence-electron chi connectivity index (χ1n) is 8.75. The lowest BCUT2D eigenvalue weighted by Gasteiger charge is -2.11. The molecule has 0 saturated heterocycles. The van der Waals surface area contributed by atoms with Crippen LogP contribution in [0.5, 0.6) is 0 Å². The Morgan fingerprint density at radius 3 is 2.93 bits per heavy atom. The van der Waals surface area contributed by atoms with Crippen molar-refractivity contribution >= 4 is 44.7 Å². The molecule has 9 heteroatoms. The maximum absolute atomic E-state index is 12.8. The van der Waals surface area contributed by atoms with Gasteiger partial charge >= 0.3 is 0 Å². The van der Waals surface area contributed by atoms with E-state index in [9.17, 15) is 4.79 Å². The summed E-state index contributed by atoms with van der Waals surface area (Å²) in [5.41, 5.74) is 0.890. The molecular formula is C18H17N5OS3. The van der Waals surface area contributed by atoms with Crippen molar-refractivity contribution in [1.82, 2.24) is 24.7 Å². The molecule has 0 spiro atoms. The molecule has 1 unspecified atom stereocenters. The Hall–Kier alpha value is -1.97. The van der Waals surface area contributed by atoms with Crippen LogP contribution in [-0.2, 0) is 0 Å². The van der Waals surface area contributed by atoms with Crippen LogP contribution in [-0.4, -0.2) is 24.7 Å². The molecule has 0 amide bonds. The molecule has 1 aliphatic carbocycles. The van der Waals surface area contributed by atoms with Gasteiger partial charge in [-0.2, -0.15) is 0 Å². The van der Waals surface area contributed by atoms with Crippen molar-refractivity contribution in [3.63, 3.8) is 0 Å². The number of thiophene rings is 2. The quantitative estimate of drug-likeness (QED) is 0.474. The highest BCUT2D eigenvalue weighted by atomic mass is 32.2. The second kappa shape index (κ2) is 6.57. The van der Waals surface area contributed by atoms with E-state index in [-0.39, 0.29) is 10.8 Å². The highest BCUT2D eigenvalue weighted by Gasteiger charge is 2.29. The van der Waals surface area contributed by atoms with Crippen LogP contribution in [0.3, 0.4) is 0 Å². The van der Waals surface area contributed by atoms with Gasteiger partial charge in [0.05, 0.1) is 10.6 Å². The van der Waals surface area contributed by atoms with E-state index in [2.05, 4.69) is 19.7 Å². The lowest BCUT2D eigenvalue weighted by atomic mass is 10.2. The van der Waals surface area contributed by atoms with E-state index in [4.69, 9.17) is 4.98 Å². The van der Waals surface area contributed by atoms with Gasteiger partial charge in [-0.25, -0.2) is 4.98 Å². The number of nitrogens with zero attached hydrogens (tertiary/aromatic N) is 4. The Morgan fingerprint density at radius 1 is 1.33 bits per heavy atom. The number of nitrogens with one attached hydrogen (secondary N) is 1. The fraction of sp³-hybridized carbons (Fsp3) is 0.333. The molecule has 4 aromatic rings. The zero-order chi connectivity index (χ0) is 18.5. The lowest BCUT2D eigenvalue weighted by Crippen LogP contribution is -2.12. The van der Waals surface area contributed by atoms with Crippen LogP contribution < -0.4 is 5.56 Å². The molecule has 27 heavy (non-hydrogen) atoms. The Bertz CT molecular complexity index is 1170. The average Bonchev–Trinajstić information content (AvgIpc) is 3.06. The zero-order valence-corrected chi connectivity index (χ0v) is 17.2. The molecule has 4 heterocycles. The van der Waals surface area contributed by atoms with E-state index in [1.165, 1.54) is 24.2 Å². The summed E-state index contributed by atoms with van der Waals surface area (Å²) in [5.74, 6) is 1.63. The Morgan fingerprint density at radius 2 is 2.19 bits per heavy atom. The second-order valence-electron chi connectivity index (χ2n) is 6.65. The van der Waals surface area contributed by atoms with Crippen LogP contribution in [0, 0.1) is 6.92 Å². The summed E-state index contributed by atoms with van der Waals surface area (Å²) in [6.45, 7) is 4.04. The molecule has 0 bridgehead atoms. The molecule has 6 nitrogen and oxygen atoms in total. The maximum Gasteiger partial charge on any atom is 0.260 e. The van der Waals surface area contributed by atoms with Gasteiger partial charge in [0.2, 0.25) is 0 Å². The van der Waals surface area contributed by atoms with Crippen LogP contribution in [0.25, 0.3) is 20.7 Å². The van der Waals surface area contributed by atoms with Crippen molar-refractivity contribution in [2.45, 2.75) is 43.1 Å². The molecule has 4 aromatic heterocycles. The summed E-state index contributed by atoms with van der Waals surface area (Å²) in [5, 5.41) is 14.2. The molecule has 138 valence electrons. The number of aromatic nitrogens is 5. The standard InChI is InChI=1S/C18H17N5OS3/c1-9(27-18-22-21-10(2)23(18)11-5-6-11)15-19-16(24)14-12(8-26-17(14)20-15)13-4-3-7-25-13/h3-4,7-9,11H,5-6H2,1-2H3,(H,19,20,24). The minimum Gasteiger partial charge on any atom is -0.309 e. The number of aromatic amines is 1. The Kier molecular flexibility index (Phi) is 4.18. The summed E-state index contributed by atoms with van der Waals surface area (Å²) in [4.78, 5) is 22.4. The van der Waals surface area contributed by atoms with Gasteiger partial charge in [0.25, 0.3) is 5.56 Å². The summed E-state index contributed by atoms with van der Waals surface area (Å²) in [6.07, 6.45) is 2.37. The molecule has 0 radical (unpaired) electrons. The SMILES string of the molecule is Cc1nnc(SC(C)c2nc3scc(-c4cccs4)c3c(=O)[nH]2)n1C1CC1. The van der Waals surface area contributed by atoms with Gasteiger partial charge in [0.15, 0.2) is 5.16 Å². The van der Waals surface area contributed by atoms with Crippen molar-refractivity contribution in [2.24, 2.45) is 0 Å². The van der Waals surface area contributed by atoms with E-state index in [1.807, 2.05) is 36.7 Å². The zero-order valence-electron chi connectivity index (χ0n) is 14.8. The first kappa shape index (κ1) is 17.2. The van der Waals surface area contributed by atoms with E-state index in [0.717, 1.165) is 26.3 Å². The van der Waals surface area contributed by atoms with Crippen LogP contribution in [0.15, 0.2) is 32.8 Å². The fourth-order valence-corrected chi connectivity index (χ4v) is 5.96. The number of hydrogen-bond donors (Lipinski definition) is 1. The molecule has 1 aliphatic rings. The van der Waals surface area contributed by atoms with E-state index >= 15 is 0 Å². The highest BCUT2D eigenvalue weighted by molar-refractivity contribution is 7.99. The molecule has 1 saturated carbocycles. The van der Waals surface area contributed by atoms with E-state index in [1.54, 1.807) is 23.1 Å². The van der Waals surface area contributed by atoms with Crippen molar-refractivity contribution in [1.29, 1.82) is 0 Å². The number of H-pyrrole nitrogens is 1. The van der Waals surface area contributed by atoms with Crippen molar-refractivity contribution in [2.75, 3.05) is 0 Å². The molecule has 1 atom stereocenters. The molecule has 0 aromatic carbocycles. The molecule has 1 N–H and O–H groups in total. The fourth-order valence-electron chi connectivity index (χ4n) is 3.17.